The quantitative estimate of drug-likeness (QED) is 0.902. The Balaban J connectivity index is 1.52. The molecule has 132 valence electrons. The zero-order valence-electron chi connectivity index (χ0n) is 14.2. The predicted molar refractivity (Wildman–Crippen MR) is 92.5 cm³/mol. The van der Waals surface area contributed by atoms with E-state index in [4.69, 9.17) is 9.47 Å². The largest absolute Gasteiger partial charge is 0.480 e. The van der Waals surface area contributed by atoms with Crippen molar-refractivity contribution in [3.8, 4) is 11.8 Å². The van der Waals surface area contributed by atoms with Crippen LogP contribution in [0.5, 0.6) is 11.8 Å². The third-order valence-electron chi connectivity index (χ3n) is 4.04. The average molecular weight is 342 g/mol. The molecule has 1 aliphatic heterocycles. The van der Waals surface area contributed by atoms with Crippen molar-refractivity contribution in [1.29, 1.82) is 0 Å². The van der Waals surface area contributed by atoms with Gasteiger partial charge in [-0.05, 0) is 18.4 Å². The van der Waals surface area contributed by atoms with Gasteiger partial charge in [-0.3, -0.25) is 4.98 Å². The van der Waals surface area contributed by atoms with Crippen LogP contribution in [0.3, 0.4) is 0 Å². The Morgan fingerprint density at radius 1 is 1.28 bits per heavy atom. The Bertz CT molecular complexity index is 696. The lowest BCUT2D eigenvalue weighted by Crippen LogP contribution is -2.48. The molecule has 2 heterocycles. The van der Waals surface area contributed by atoms with Gasteiger partial charge in [0.15, 0.2) is 0 Å². The summed E-state index contributed by atoms with van der Waals surface area (Å²) >= 11 is 0. The van der Waals surface area contributed by atoms with Crippen LogP contribution in [0.1, 0.15) is 18.4 Å². The van der Waals surface area contributed by atoms with Crippen molar-refractivity contribution < 1.29 is 14.3 Å². The van der Waals surface area contributed by atoms with Gasteiger partial charge >= 0.3 is 6.03 Å². The molecule has 1 N–H and O–H groups in total. The van der Waals surface area contributed by atoms with Crippen LogP contribution >= 0.6 is 0 Å². The van der Waals surface area contributed by atoms with E-state index in [9.17, 15) is 4.79 Å². The minimum Gasteiger partial charge on any atom is -0.480 e. The van der Waals surface area contributed by atoms with E-state index < -0.39 is 0 Å². The SMILES string of the molecule is COc1cncc(OC2CCCN(C(=O)NCc3ccccc3)C2)n1. The van der Waals surface area contributed by atoms with Gasteiger partial charge in [0.2, 0.25) is 11.8 Å². The summed E-state index contributed by atoms with van der Waals surface area (Å²) in [6, 6.07) is 9.78. The van der Waals surface area contributed by atoms with Crippen LogP contribution in [0.25, 0.3) is 0 Å². The fourth-order valence-electron chi connectivity index (χ4n) is 2.76. The van der Waals surface area contributed by atoms with E-state index in [0.29, 0.717) is 24.8 Å². The number of hydrogen-bond donors (Lipinski definition) is 1. The first-order chi connectivity index (χ1) is 12.2. The Hall–Kier alpha value is -2.83. The molecule has 0 radical (unpaired) electrons. The van der Waals surface area contributed by atoms with Crippen molar-refractivity contribution in [2.45, 2.75) is 25.5 Å². The smallest absolute Gasteiger partial charge is 0.317 e. The standard InChI is InChI=1S/C18H22N4O3/c1-24-16-11-19-12-17(21-16)25-15-8-5-9-22(13-15)18(23)20-10-14-6-3-2-4-7-14/h2-4,6-7,11-12,15H,5,8-10,13H2,1H3,(H,20,23). The monoisotopic (exact) mass is 342 g/mol. The van der Waals surface area contributed by atoms with Gasteiger partial charge in [0.1, 0.15) is 6.10 Å². The van der Waals surface area contributed by atoms with Crippen LogP contribution in [-0.2, 0) is 6.54 Å². The highest BCUT2D eigenvalue weighted by Crippen LogP contribution is 2.18. The van der Waals surface area contributed by atoms with Crippen molar-refractivity contribution in [2.24, 2.45) is 0 Å². The Morgan fingerprint density at radius 2 is 2.08 bits per heavy atom. The number of urea groups is 1. The highest BCUT2D eigenvalue weighted by molar-refractivity contribution is 5.74. The van der Waals surface area contributed by atoms with Gasteiger partial charge in [0, 0.05) is 13.1 Å². The van der Waals surface area contributed by atoms with Gasteiger partial charge in [-0.2, -0.15) is 4.98 Å². The average Bonchev–Trinajstić information content (AvgIpc) is 2.67. The number of rotatable bonds is 5. The van der Waals surface area contributed by atoms with Crippen LogP contribution in [0, 0.1) is 0 Å². The molecule has 1 atom stereocenters. The first-order valence-electron chi connectivity index (χ1n) is 8.34. The molecule has 1 fully saturated rings. The first-order valence-corrected chi connectivity index (χ1v) is 8.34. The molecule has 1 aromatic heterocycles. The number of methoxy groups -OCH3 is 1. The number of piperidine rings is 1. The zero-order chi connectivity index (χ0) is 17.5. The Kier molecular flexibility index (Phi) is 5.66. The normalized spacial score (nSPS) is 17.0. The number of likely N-dealkylation sites (tertiary alicyclic amines) is 1. The minimum absolute atomic E-state index is 0.0751. The van der Waals surface area contributed by atoms with E-state index in [1.165, 1.54) is 13.3 Å². The van der Waals surface area contributed by atoms with Gasteiger partial charge in [0.25, 0.3) is 0 Å². The van der Waals surface area contributed by atoms with Gasteiger partial charge in [0.05, 0.1) is 26.0 Å². The molecule has 1 unspecified atom stereocenters. The van der Waals surface area contributed by atoms with Crippen molar-refractivity contribution in [1.82, 2.24) is 20.2 Å². The molecule has 0 bridgehead atoms. The topological polar surface area (TPSA) is 76.6 Å². The Morgan fingerprint density at radius 3 is 2.88 bits per heavy atom. The van der Waals surface area contributed by atoms with E-state index >= 15 is 0 Å². The summed E-state index contributed by atoms with van der Waals surface area (Å²) in [4.78, 5) is 22.4. The zero-order valence-corrected chi connectivity index (χ0v) is 14.2. The molecular formula is C18H22N4O3. The maximum atomic E-state index is 12.4. The number of nitrogens with one attached hydrogen (secondary N) is 1. The molecule has 3 rings (SSSR count). The second-order valence-electron chi connectivity index (χ2n) is 5.87. The van der Waals surface area contributed by atoms with Gasteiger partial charge in [-0.25, -0.2) is 4.79 Å². The second kappa shape index (κ2) is 8.32. The number of nitrogens with zero attached hydrogens (tertiary/aromatic N) is 3. The van der Waals surface area contributed by atoms with Gasteiger partial charge in [-0.15, -0.1) is 0 Å². The molecule has 7 nitrogen and oxygen atoms in total. The van der Waals surface area contributed by atoms with Crippen molar-refractivity contribution in [2.75, 3.05) is 20.2 Å². The van der Waals surface area contributed by atoms with E-state index in [1.807, 2.05) is 30.3 Å². The van der Waals surface area contributed by atoms with Crippen molar-refractivity contribution >= 4 is 6.03 Å². The summed E-state index contributed by atoms with van der Waals surface area (Å²) < 4.78 is 10.9. The summed E-state index contributed by atoms with van der Waals surface area (Å²) in [7, 11) is 1.53. The maximum absolute atomic E-state index is 12.4. The Labute approximate surface area is 147 Å². The number of benzene rings is 1. The molecule has 1 aliphatic rings. The molecule has 1 aromatic carbocycles. The molecule has 0 saturated carbocycles. The highest BCUT2D eigenvalue weighted by atomic mass is 16.5. The predicted octanol–water partition coefficient (Wildman–Crippen LogP) is 2.24. The molecule has 0 aliphatic carbocycles. The molecular weight excluding hydrogens is 320 g/mol. The van der Waals surface area contributed by atoms with Crippen LogP contribution in [0.15, 0.2) is 42.7 Å². The fourth-order valence-corrected chi connectivity index (χ4v) is 2.76. The summed E-state index contributed by atoms with van der Waals surface area (Å²) in [5, 5.41) is 2.95. The lowest BCUT2D eigenvalue weighted by atomic mass is 10.1. The highest BCUT2D eigenvalue weighted by Gasteiger charge is 2.25. The molecule has 1 saturated heterocycles. The van der Waals surface area contributed by atoms with Crippen molar-refractivity contribution in [3.05, 3.63) is 48.3 Å². The number of carbonyl (C=O) groups excluding carboxylic acids is 1. The first kappa shape index (κ1) is 17.0. The maximum Gasteiger partial charge on any atom is 0.317 e. The molecule has 2 amide bonds. The summed E-state index contributed by atoms with van der Waals surface area (Å²) in [6.07, 6.45) is 4.74. The molecule has 25 heavy (non-hydrogen) atoms. The number of carbonyl (C=O) groups is 1. The third-order valence-corrected chi connectivity index (χ3v) is 4.04. The number of amides is 2. The van der Waals surface area contributed by atoms with Crippen LogP contribution in [-0.4, -0.2) is 47.2 Å². The summed E-state index contributed by atoms with van der Waals surface area (Å²) in [5.41, 5.74) is 1.08. The molecule has 7 heteroatoms. The number of ether oxygens (including phenoxy) is 2. The summed E-state index contributed by atoms with van der Waals surface area (Å²) in [6.45, 7) is 1.77. The number of aromatic nitrogens is 2. The van der Waals surface area contributed by atoms with Gasteiger partial charge < -0.3 is 19.7 Å². The number of hydrogen-bond acceptors (Lipinski definition) is 5. The lowest BCUT2D eigenvalue weighted by molar-refractivity contribution is 0.0968. The van der Waals surface area contributed by atoms with Gasteiger partial charge in [-0.1, -0.05) is 30.3 Å². The molecule has 0 spiro atoms. The van der Waals surface area contributed by atoms with Crippen LogP contribution < -0.4 is 14.8 Å². The van der Waals surface area contributed by atoms with E-state index in [0.717, 1.165) is 24.9 Å². The third kappa shape index (κ3) is 4.82. The van der Waals surface area contributed by atoms with E-state index in [2.05, 4.69) is 15.3 Å². The van der Waals surface area contributed by atoms with Crippen LogP contribution in [0.2, 0.25) is 0 Å². The fraction of sp³-hybridized carbons (Fsp3) is 0.389. The minimum atomic E-state index is -0.0994. The van der Waals surface area contributed by atoms with Crippen molar-refractivity contribution in [3.63, 3.8) is 0 Å². The van der Waals surface area contributed by atoms with Crippen LogP contribution in [0.4, 0.5) is 4.79 Å². The molecule has 2 aromatic rings. The lowest BCUT2D eigenvalue weighted by Gasteiger charge is -2.32. The second-order valence-corrected chi connectivity index (χ2v) is 5.87. The van der Waals surface area contributed by atoms with E-state index in [1.54, 1.807) is 11.1 Å². The summed E-state index contributed by atoms with van der Waals surface area (Å²) in [5.74, 6) is 0.821. The van der Waals surface area contributed by atoms with E-state index in [-0.39, 0.29) is 12.1 Å².